The summed E-state index contributed by atoms with van der Waals surface area (Å²) in [5.41, 5.74) is 4.47. The quantitative estimate of drug-likeness (QED) is 0.644. The van der Waals surface area contributed by atoms with Crippen LogP contribution in [0.5, 0.6) is 0 Å². The summed E-state index contributed by atoms with van der Waals surface area (Å²) in [6, 6.07) is 0. The maximum atomic E-state index is 12.8. The van der Waals surface area contributed by atoms with Gasteiger partial charge in [-0.2, -0.15) is 0 Å². The molecule has 0 bridgehead atoms. The Kier molecular flexibility index (Phi) is 3.79. The third kappa shape index (κ3) is 2.63. The molecule has 0 unspecified atom stereocenters. The predicted octanol–water partition coefficient (Wildman–Crippen LogP) is 4.82. The van der Waals surface area contributed by atoms with Crippen LogP contribution in [0.4, 0.5) is 0 Å². The van der Waals surface area contributed by atoms with E-state index in [-0.39, 0.29) is 5.25 Å². The molecule has 0 aromatic carbocycles. The largest absolute Gasteiger partial charge is 0.228 e. The molecule has 0 saturated heterocycles. The molecule has 4 atom stereocenters. The Hall–Kier alpha value is -0.570. The average molecular weight is 335 g/mol. The zero-order chi connectivity index (χ0) is 16.2. The standard InChI is InChI=1S/C20H30O2S/c1-14-7-8-16-13-23(21,22)19(17(16)11-14)12-15-5-3-9-20(2)10-4-6-18(15)20/h12,14,18-19H,3-11,13H2,1-2H3/b15-12+/t14-,18-,19+,20+/m0/s1. The van der Waals surface area contributed by atoms with Crippen LogP contribution in [0.3, 0.4) is 0 Å². The first-order chi connectivity index (χ1) is 10.9. The Labute approximate surface area is 141 Å². The van der Waals surface area contributed by atoms with E-state index in [2.05, 4.69) is 19.9 Å². The van der Waals surface area contributed by atoms with Crippen LogP contribution in [0.2, 0.25) is 0 Å². The van der Waals surface area contributed by atoms with Gasteiger partial charge in [0.15, 0.2) is 9.84 Å². The first kappa shape index (κ1) is 15.9. The van der Waals surface area contributed by atoms with Crippen LogP contribution in [0.25, 0.3) is 0 Å². The summed E-state index contributed by atoms with van der Waals surface area (Å²) in [7, 11) is -2.99. The van der Waals surface area contributed by atoms with Crippen LogP contribution in [-0.4, -0.2) is 19.4 Å². The molecule has 0 spiro atoms. The van der Waals surface area contributed by atoms with E-state index in [1.54, 1.807) is 0 Å². The van der Waals surface area contributed by atoms with Crippen LogP contribution in [-0.2, 0) is 9.84 Å². The highest BCUT2D eigenvalue weighted by Crippen LogP contribution is 2.54. The third-order valence-electron chi connectivity index (χ3n) is 7.18. The predicted molar refractivity (Wildman–Crippen MR) is 95.0 cm³/mol. The summed E-state index contributed by atoms with van der Waals surface area (Å²) in [5.74, 6) is 1.63. The molecule has 0 N–H and O–H groups in total. The second kappa shape index (κ2) is 5.47. The Balaban J connectivity index is 1.70. The molecule has 2 nitrogen and oxygen atoms in total. The van der Waals surface area contributed by atoms with Crippen molar-refractivity contribution in [3.8, 4) is 0 Å². The lowest BCUT2D eigenvalue weighted by molar-refractivity contribution is 0.201. The van der Waals surface area contributed by atoms with Crippen molar-refractivity contribution in [3.63, 3.8) is 0 Å². The van der Waals surface area contributed by atoms with Crippen LogP contribution in [0.15, 0.2) is 22.8 Å². The Morgan fingerprint density at radius 3 is 2.74 bits per heavy atom. The van der Waals surface area contributed by atoms with Crippen molar-refractivity contribution < 1.29 is 8.42 Å². The van der Waals surface area contributed by atoms with Crippen LogP contribution < -0.4 is 0 Å². The zero-order valence-electron chi connectivity index (χ0n) is 14.6. The second-order valence-corrected chi connectivity index (χ2v) is 11.0. The van der Waals surface area contributed by atoms with E-state index in [4.69, 9.17) is 0 Å². The lowest BCUT2D eigenvalue weighted by atomic mass is 9.67. The molecule has 4 aliphatic rings. The Morgan fingerprint density at radius 2 is 1.91 bits per heavy atom. The smallest absolute Gasteiger partial charge is 0.164 e. The normalized spacial score (nSPS) is 44.4. The summed E-state index contributed by atoms with van der Waals surface area (Å²) in [6.07, 6.45) is 13.0. The lowest BCUT2D eigenvalue weighted by Crippen LogP contribution is -2.29. The summed E-state index contributed by atoms with van der Waals surface area (Å²) >= 11 is 0. The molecular weight excluding hydrogens is 304 g/mol. The van der Waals surface area contributed by atoms with Gasteiger partial charge >= 0.3 is 0 Å². The van der Waals surface area contributed by atoms with Crippen LogP contribution >= 0.6 is 0 Å². The van der Waals surface area contributed by atoms with Gasteiger partial charge in [0.2, 0.25) is 0 Å². The first-order valence-electron chi connectivity index (χ1n) is 9.52. The van der Waals surface area contributed by atoms with Crippen LogP contribution in [0.1, 0.15) is 71.6 Å². The molecule has 2 fully saturated rings. The number of hydrogen-bond donors (Lipinski definition) is 0. The minimum Gasteiger partial charge on any atom is -0.228 e. The van der Waals surface area contributed by atoms with Crippen molar-refractivity contribution in [3.05, 3.63) is 22.8 Å². The minimum absolute atomic E-state index is 0.279. The van der Waals surface area contributed by atoms with Gasteiger partial charge in [0.25, 0.3) is 0 Å². The van der Waals surface area contributed by atoms with E-state index in [0.29, 0.717) is 23.0 Å². The molecule has 1 heterocycles. The number of allylic oxidation sites excluding steroid dienone is 1. The fourth-order valence-electron chi connectivity index (χ4n) is 5.87. The number of hydrogen-bond acceptors (Lipinski definition) is 2. The highest BCUT2D eigenvalue weighted by molar-refractivity contribution is 7.92. The molecule has 2 saturated carbocycles. The fraction of sp³-hybridized carbons (Fsp3) is 0.800. The molecule has 128 valence electrons. The molecule has 0 aromatic heterocycles. The summed E-state index contributed by atoms with van der Waals surface area (Å²) in [5, 5.41) is -0.279. The van der Waals surface area contributed by atoms with Crippen molar-refractivity contribution in [2.45, 2.75) is 76.9 Å². The van der Waals surface area contributed by atoms with Gasteiger partial charge in [-0.05, 0) is 74.2 Å². The van der Waals surface area contributed by atoms with Gasteiger partial charge in [-0.15, -0.1) is 0 Å². The molecular formula is C20H30O2S. The molecule has 4 rings (SSSR count). The molecule has 1 aliphatic heterocycles. The molecule has 0 aromatic rings. The van der Waals surface area contributed by atoms with E-state index in [1.807, 2.05) is 0 Å². The van der Waals surface area contributed by atoms with Crippen molar-refractivity contribution >= 4 is 9.84 Å². The average Bonchev–Trinajstić information content (AvgIpc) is 2.98. The highest BCUT2D eigenvalue weighted by Gasteiger charge is 2.45. The first-order valence-corrected chi connectivity index (χ1v) is 11.2. The summed E-state index contributed by atoms with van der Waals surface area (Å²) in [4.78, 5) is 0. The van der Waals surface area contributed by atoms with Gasteiger partial charge in [0.05, 0.1) is 5.75 Å². The maximum Gasteiger partial charge on any atom is 0.164 e. The van der Waals surface area contributed by atoms with Crippen molar-refractivity contribution in [1.82, 2.24) is 0 Å². The summed E-state index contributed by atoms with van der Waals surface area (Å²) in [6.45, 7) is 4.71. The molecule has 0 radical (unpaired) electrons. The molecule has 23 heavy (non-hydrogen) atoms. The van der Waals surface area contributed by atoms with Gasteiger partial charge in [0, 0.05) is 0 Å². The fourth-order valence-corrected chi connectivity index (χ4v) is 7.94. The minimum atomic E-state index is -2.99. The topological polar surface area (TPSA) is 34.1 Å². The second-order valence-electron chi connectivity index (χ2n) is 8.90. The monoisotopic (exact) mass is 334 g/mol. The van der Waals surface area contributed by atoms with E-state index in [1.165, 1.54) is 55.2 Å². The van der Waals surface area contributed by atoms with E-state index in [0.717, 1.165) is 19.3 Å². The van der Waals surface area contributed by atoms with Gasteiger partial charge < -0.3 is 0 Å². The number of fused-ring (bicyclic) bond motifs is 1. The molecule has 3 aliphatic carbocycles. The molecule has 0 amide bonds. The Bertz CT molecular complexity index is 670. The van der Waals surface area contributed by atoms with E-state index < -0.39 is 9.84 Å². The van der Waals surface area contributed by atoms with Gasteiger partial charge in [0.1, 0.15) is 5.25 Å². The van der Waals surface area contributed by atoms with Gasteiger partial charge in [-0.25, -0.2) is 8.42 Å². The zero-order valence-corrected chi connectivity index (χ0v) is 15.4. The van der Waals surface area contributed by atoms with E-state index in [9.17, 15) is 8.42 Å². The summed E-state index contributed by atoms with van der Waals surface area (Å²) < 4.78 is 25.6. The van der Waals surface area contributed by atoms with Crippen LogP contribution in [0, 0.1) is 17.3 Å². The maximum absolute atomic E-state index is 12.8. The van der Waals surface area contributed by atoms with Gasteiger partial charge in [-0.3, -0.25) is 0 Å². The number of rotatable bonds is 1. The number of sulfone groups is 1. The lowest BCUT2D eigenvalue weighted by Gasteiger charge is -2.38. The van der Waals surface area contributed by atoms with Gasteiger partial charge in [-0.1, -0.05) is 37.5 Å². The highest BCUT2D eigenvalue weighted by atomic mass is 32.2. The SMILES string of the molecule is C[C@H]1CCC2=C(C1)[C@@H](/C=C1\CCC[C@]3(C)CCC[C@@H]13)S(=O)(=O)C2. The third-order valence-corrected chi connectivity index (χ3v) is 9.12. The van der Waals surface area contributed by atoms with Crippen molar-refractivity contribution in [2.75, 3.05) is 5.75 Å². The molecule has 3 heteroatoms. The Morgan fingerprint density at radius 1 is 1.13 bits per heavy atom. The van der Waals surface area contributed by atoms with Crippen molar-refractivity contribution in [1.29, 1.82) is 0 Å². The van der Waals surface area contributed by atoms with E-state index >= 15 is 0 Å². The van der Waals surface area contributed by atoms with Crippen molar-refractivity contribution in [2.24, 2.45) is 17.3 Å².